The van der Waals surface area contributed by atoms with Crippen molar-refractivity contribution < 1.29 is 28.6 Å². The van der Waals surface area contributed by atoms with Crippen LogP contribution in [-0.4, -0.2) is 42.3 Å². The number of aromatic nitrogens is 1. The fourth-order valence-electron chi connectivity index (χ4n) is 4.24. The summed E-state index contributed by atoms with van der Waals surface area (Å²) in [6.45, 7) is 8.77. The number of hydrogen-bond acceptors (Lipinski definition) is 6. The number of ether oxygens (including phenoxy) is 3. The summed E-state index contributed by atoms with van der Waals surface area (Å²) in [6, 6.07) is 11.0. The third-order valence-electron chi connectivity index (χ3n) is 5.26. The Labute approximate surface area is 181 Å². The maximum absolute atomic E-state index is 13.5. The standard InChI is InChI=1S/C24H27NO6/c1-6-29-21(26)18-19(17-12-10-9-11-13-17)25-16(5)14-15(4)20(25)24(18,22(27)30-7-2)23(28)31-8-3/h9-14H,6-8H2,1-5H3. The molecule has 0 N–H and O–H groups in total. The lowest BCUT2D eigenvalue weighted by Gasteiger charge is -2.27. The number of nitrogens with zero attached hydrogens (tertiary/aromatic N) is 1. The van der Waals surface area contributed by atoms with Crippen LogP contribution in [0, 0.1) is 13.8 Å². The highest BCUT2D eigenvalue weighted by atomic mass is 16.6. The highest BCUT2D eigenvalue weighted by Gasteiger charge is 2.64. The van der Waals surface area contributed by atoms with Crippen LogP contribution in [0.1, 0.15) is 43.3 Å². The molecular formula is C24H27NO6. The smallest absolute Gasteiger partial charge is 0.338 e. The molecule has 1 aliphatic heterocycles. The molecule has 2 heterocycles. The average molecular weight is 425 g/mol. The lowest BCUT2D eigenvalue weighted by atomic mass is 9.76. The third-order valence-corrected chi connectivity index (χ3v) is 5.26. The summed E-state index contributed by atoms with van der Waals surface area (Å²) in [5.41, 5.74) is 0.710. The second kappa shape index (κ2) is 8.79. The van der Waals surface area contributed by atoms with Crippen molar-refractivity contribution in [2.24, 2.45) is 0 Å². The van der Waals surface area contributed by atoms with Crippen molar-refractivity contribution >= 4 is 23.6 Å². The topological polar surface area (TPSA) is 83.8 Å². The van der Waals surface area contributed by atoms with Crippen molar-refractivity contribution in [2.75, 3.05) is 19.8 Å². The monoisotopic (exact) mass is 425 g/mol. The Kier molecular flexibility index (Phi) is 6.34. The minimum atomic E-state index is -2.08. The van der Waals surface area contributed by atoms with Crippen LogP contribution >= 0.6 is 0 Å². The Morgan fingerprint density at radius 1 is 0.871 bits per heavy atom. The molecule has 7 nitrogen and oxygen atoms in total. The molecule has 7 heteroatoms. The van der Waals surface area contributed by atoms with Crippen LogP contribution in [0.15, 0.2) is 42.0 Å². The minimum Gasteiger partial charge on any atom is -0.465 e. The van der Waals surface area contributed by atoms with Gasteiger partial charge in [0.05, 0.1) is 36.8 Å². The molecule has 0 saturated heterocycles. The molecule has 3 rings (SSSR count). The van der Waals surface area contributed by atoms with E-state index in [1.165, 1.54) is 0 Å². The van der Waals surface area contributed by atoms with E-state index in [4.69, 9.17) is 14.2 Å². The van der Waals surface area contributed by atoms with Gasteiger partial charge in [0, 0.05) is 5.69 Å². The van der Waals surface area contributed by atoms with Gasteiger partial charge in [0.15, 0.2) is 0 Å². The number of esters is 3. The van der Waals surface area contributed by atoms with Crippen LogP contribution < -0.4 is 0 Å². The first kappa shape index (κ1) is 22.3. The Hall–Kier alpha value is -3.35. The van der Waals surface area contributed by atoms with Crippen molar-refractivity contribution in [3.63, 3.8) is 0 Å². The second-order valence-corrected chi connectivity index (χ2v) is 7.15. The first-order valence-corrected chi connectivity index (χ1v) is 10.4. The van der Waals surface area contributed by atoms with E-state index in [2.05, 4.69) is 0 Å². The Balaban J connectivity index is 2.52. The maximum atomic E-state index is 13.5. The van der Waals surface area contributed by atoms with Gasteiger partial charge in [-0.2, -0.15) is 0 Å². The number of hydrogen-bond donors (Lipinski definition) is 0. The van der Waals surface area contributed by atoms with Crippen LogP contribution in [0.5, 0.6) is 0 Å². The van der Waals surface area contributed by atoms with E-state index >= 15 is 0 Å². The van der Waals surface area contributed by atoms with Crippen LogP contribution in [0.4, 0.5) is 0 Å². The van der Waals surface area contributed by atoms with Gasteiger partial charge < -0.3 is 18.8 Å². The summed E-state index contributed by atoms with van der Waals surface area (Å²) in [4.78, 5) is 40.4. The second-order valence-electron chi connectivity index (χ2n) is 7.15. The Morgan fingerprint density at radius 2 is 1.42 bits per heavy atom. The summed E-state index contributed by atoms with van der Waals surface area (Å²) in [5, 5.41) is 0. The highest BCUT2D eigenvalue weighted by molar-refractivity contribution is 6.22. The number of fused-ring (bicyclic) bond motifs is 1. The number of carbonyl (C=O) groups is 3. The molecular weight excluding hydrogens is 398 g/mol. The van der Waals surface area contributed by atoms with Gasteiger partial charge in [0.2, 0.25) is 5.41 Å². The van der Waals surface area contributed by atoms with Gasteiger partial charge in [0.1, 0.15) is 0 Å². The van der Waals surface area contributed by atoms with Gasteiger partial charge in [0.25, 0.3) is 0 Å². The molecule has 0 fully saturated rings. The molecule has 1 aromatic heterocycles. The highest BCUT2D eigenvalue weighted by Crippen LogP contribution is 2.50. The first-order valence-electron chi connectivity index (χ1n) is 10.4. The lowest BCUT2D eigenvalue weighted by molar-refractivity contribution is -0.165. The van der Waals surface area contributed by atoms with Gasteiger partial charge in [-0.1, -0.05) is 30.3 Å². The fourth-order valence-corrected chi connectivity index (χ4v) is 4.24. The molecule has 31 heavy (non-hydrogen) atoms. The number of benzene rings is 1. The molecule has 0 bridgehead atoms. The van der Waals surface area contributed by atoms with Crippen molar-refractivity contribution in [3.05, 3.63) is 64.5 Å². The van der Waals surface area contributed by atoms with E-state index in [1.54, 1.807) is 32.3 Å². The predicted molar refractivity (Wildman–Crippen MR) is 114 cm³/mol. The molecule has 1 aliphatic rings. The first-order chi connectivity index (χ1) is 14.9. The normalized spacial score (nSPS) is 14.2. The molecule has 0 atom stereocenters. The van der Waals surface area contributed by atoms with Gasteiger partial charge in [-0.3, -0.25) is 9.59 Å². The van der Waals surface area contributed by atoms with Crippen molar-refractivity contribution in [3.8, 4) is 0 Å². The van der Waals surface area contributed by atoms with Crippen molar-refractivity contribution in [2.45, 2.75) is 40.0 Å². The largest absolute Gasteiger partial charge is 0.465 e. The molecule has 0 saturated carbocycles. The zero-order valence-electron chi connectivity index (χ0n) is 18.5. The average Bonchev–Trinajstić information content (AvgIpc) is 3.23. The van der Waals surface area contributed by atoms with Crippen molar-refractivity contribution in [1.82, 2.24) is 4.57 Å². The van der Waals surface area contributed by atoms with E-state index in [0.717, 1.165) is 5.69 Å². The molecule has 2 aromatic rings. The molecule has 164 valence electrons. The fraction of sp³-hybridized carbons (Fsp3) is 0.375. The van der Waals surface area contributed by atoms with Crippen LogP contribution in [0.2, 0.25) is 0 Å². The maximum Gasteiger partial charge on any atom is 0.338 e. The quantitative estimate of drug-likeness (QED) is 0.385. The van der Waals surface area contributed by atoms with E-state index in [0.29, 0.717) is 22.5 Å². The van der Waals surface area contributed by atoms with Crippen molar-refractivity contribution in [1.29, 1.82) is 0 Å². The summed E-state index contributed by atoms with van der Waals surface area (Å²) in [5.74, 6) is -2.47. The third kappa shape index (κ3) is 3.34. The van der Waals surface area contributed by atoms with E-state index < -0.39 is 23.3 Å². The van der Waals surface area contributed by atoms with E-state index in [1.807, 2.05) is 43.3 Å². The van der Waals surface area contributed by atoms with Gasteiger partial charge in [-0.15, -0.1) is 0 Å². The molecule has 0 radical (unpaired) electrons. The lowest BCUT2D eigenvalue weighted by Crippen LogP contribution is -2.49. The van der Waals surface area contributed by atoms with Gasteiger partial charge >= 0.3 is 17.9 Å². The number of carbonyl (C=O) groups excluding carboxylic acids is 3. The Morgan fingerprint density at radius 3 is 1.94 bits per heavy atom. The molecule has 1 aromatic carbocycles. The number of aryl methyl sites for hydroxylation is 2. The van der Waals surface area contributed by atoms with Crippen LogP contribution in [-0.2, 0) is 34.0 Å². The van der Waals surface area contributed by atoms with E-state index in [-0.39, 0.29) is 25.4 Å². The molecule has 0 unspecified atom stereocenters. The van der Waals surface area contributed by atoms with Crippen LogP contribution in [0.25, 0.3) is 5.70 Å². The molecule has 0 spiro atoms. The summed E-state index contributed by atoms with van der Waals surface area (Å²) in [7, 11) is 0. The number of rotatable bonds is 7. The zero-order chi connectivity index (χ0) is 22.8. The zero-order valence-corrected chi connectivity index (χ0v) is 18.5. The summed E-state index contributed by atoms with van der Waals surface area (Å²) < 4.78 is 17.8. The Bertz CT molecular complexity index is 1030. The van der Waals surface area contributed by atoms with E-state index in [9.17, 15) is 14.4 Å². The van der Waals surface area contributed by atoms with Gasteiger partial charge in [-0.05, 0) is 51.8 Å². The SMILES string of the molecule is CCOC(=O)C1=C(c2ccccc2)n2c(C)cc(C)c2C1(C(=O)OCC)C(=O)OCC. The van der Waals surface area contributed by atoms with Crippen LogP contribution in [0.3, 0.4) is 0 Å². The minimum absolute atomic E-state index is 0.0372. The molecule has 0 aliphatic carbocycles. The van der Waals surface area contributed by atoms with Gasteiger partial charge in [-0.25, -0.2) is 4.79 Å². The molecule has 0 amide bonds. The summed E-state index contributed by atoms with van der Waals surface area (Å²) in [6.07, 6.45) is 0. The predicted octanol–water partition coefficient (Wildman–Crippen LogP) is 3.31. The summed E-state index contributed by atoms with van der Waals surface area (Å²) >= 11 is 0.